The van der Waals surface area contributed by atoms with E-state index in [9.17, 15) is 9.59 Å². The summed E-state index contributed by atoms with van der Waals surface area (Å²) in [5.74, 6) is 0.404. The van der Waals surface area contributed by atoms with Crippen LogP contribution in [0.15, 0.2) is 46.7 Å². The Kier molecular flexibility index (Phi) is 5.32. The number of hydrogen-bond acceptors (Lipinski definition) is 5. The molecule has 0 aliphatic carbocycles. The number of rotatable bonds is 6. The van der Waals surface area contributed by atoms with Gasteiger partial charge in [0, 0.05) is 18.6 Å². The molecule has 0 spiro atoms. The van der Waals surface area contributed by atoms with Crippen LogP contribution < -0.4 is 5.69 Å². The molecule has 7 nitrogen and oxygen atoms in total. The van der Waals surface area contributed by atoms with Gasteiger partial charge in [-0.25, -0.2) is 14.5 Å². The lowest BCUT2D eigenvalue weighted by Gasteiger charge is -2.22. The Hall–Kier alpha value is -2.74. The van der Waals surface area contributed by atoms with Crippen molar-refractivity contribution in [3.05, 3.63) is 68.8 Å². The second kappa shape index (κ2) is 7.65. The SMILES string of the molecule is Cc1nn(CC(=O)N(C)C(C)c2nccs2)c(=O)n1Cc1ccccc1. The molecular formula is C18H21N5O2S. The van der Waals surface area contributed by atoms with Crippen molar-refractivity contribution in [1.29, 1.82) is 0 Å². The molecule has 1 atom stereocenters. The number of hydrogen-bond donors (Lipinski definition) is 0. The molecule has 0 fully saturated rings. The molecule has 3 rings (SSSR count). The van der Waals surface area contributed by atoms with Gasteiger partial charge in [0.1, 0.15) is 17.4 Å². The molecule has 0 N–H and O–H groups in total. The predicted molar refractivity (Wildman–Crippen MR) is 100 cm³/mol. The highest BCUT2D eigenvalue weighted by Crippen LogP contribution is 2.20. The first kappa shape index (κ1) is 18.1. The number of carbonyl (C=O) groups excluding carboxylic acids is 1. The van der Waals surface area contributed by atoms with Crippen LogP contribution in [0.5, 0.6) is 0 Å². The van der Waals surface area contributed by atoms with Gasteiger partial charge >= 0.3 is 5.69 Å². The molecule has 26 heavy (non-hydrogen) atoms. The fourth-order valence-corrected chi connectivity index (χ4v) is 3.40. The summed E-state index contributed by atoms with van der Waals surface area (Å²) in [5.41, 5.74) is 0.730. The zero-order chi connectivity index (χ0) is 18.7. The van der Waals surface area contributed by atoms with Crippen molar-refractivity contribution in [3.63, 3.8) is 0 Å². The molecule has 0 aliphatic rings. The van der Waals surface area contributed by atoms with Gasteiger partial charge in [0.2, 0.25) is 5.91 Å². The fraction of sp³-hybridized carbons (Fsp3) is 0.333. The number of carbonyl (C=O) groups is 1. The number of nitrogens with zero attached hydrogens (tertiary/aromatic N) is 5. The van der Waals surface area contributed by atoms with Gasteiger partial charge in [-0.1, -0.05) is 30.3 Å². The lowest BCUT2D eigenvalue weighted by atomic mass is 10.2. The normalized spacial score (nSPS) is 12.1. The van der Waals surface area contributed by atoms with E-state index in [0.29, 0.717) is 12.4 Å². The van der Waals surface area contributed by atoms with E-state index in [1.807, 2.05) is 42.6 Å². The van der Waals surface area contributed by atoms with Crippen molar-refractivity contribution in [2.45, 2.75) is 33.0 Å². The fourth-order valence-electron chi connectivity index (χ4n) is 2.66. The minimum absolute atomic E-state index is 0.0896. The topological polar surface area (TPSA) is 73.0 Å². The Morgan fingerprint density at radius 3 is 2.69 bits per heavy atom. The molecule has 0 saturated heterocycles. The lowest BCUT2D eigenvalue weighted by Crippen LogP contribution is -2.36. The van der Waals surface area contributed by atoms with E-state index in [4.69, 9.17) is 0 Å². The second-order valence-electron chi connectivity index (χ2n) is 6.11. The minimum atomic E-state index is -0.282. The summed E-state index contributed by atoms with van der Waals surface area (Å²) in [6.45, 7) is 4.03. The van der Waals surface area contributed by atoms with E-state index in [0.717, 1.165) is 10.6 Å². The first-order valence-corrected chi connectivity index (χ1v) is 9.18. The Labute approximate surface area is 155 Å². The van der Waals surface area contributed by atoms with E-state index in [2.05, 4.69) is 10.1 Å². The molecule has 1 unspecified atom stereocenters. The van der Waals surface area contributed by atoms with Gasteiger partial charge in [0.25, 0.3) is 0 Å². The number of amides is 1. The van der Waals surface area contributed by atoms with Gasteiger partial charge in [0.05, 0.1) is 12.6 Å². The van der Waals surface area contributed by atoms with Crippen LogP contribution in [-0.4, -0.2) is 37.2 Å². The van der Waals surface area contributed by atoms with Crippen molar-refractivity contribution in [2.24, 2.45) is 0 Å². The first-order chi connectivity index (χ1) is 12.5. The van der Waals surface area contributed by atoms with Crippen molar-refractivity contribution < 1.29 is 4.79 Å². The number of likely N-dealkylation sites (N-methyl/N-ethyl adjacent to an activating group) is 1. The van der Waals surface area contributed by atoms with Crippen LogP contribution in [0.25, 0.3) is 0 Å². The van der Waals surface area contributed by atoms with Crippen LogP contribution in [0.2, 0.25) is 0 Å². The maximum Gasteiger partial charge on any atom is 0.346 e. The average Bonchev–Trinajstić information content (AvgIpc) is 3.26. The molecule has 0 bridgehead atoms. The maximum atomic E-state index is 12.6. The predicted octanol–water partition coefficient (Wildman–Crippen LogP) is 2.08. The molecule has 136 valence electrons. The number of aryl methyl sites for hydroxylation is 1. The minimum Gasteiger partial charge on any atom is -0.335 e. The summed E-state index contributed by atoms with van der Waals surface area (Å²) in [4.78, 5) is 31.0. The summed E-state index contributed by atoms with van der Waals surface area (Å²) in [6.07, 6.45) is 1.72. The van der Waals surface area contributed by atoms with E-state index >= 15 is 0 Å². The molecular weight excluding hydrogens is 350 g/mol. The average molecular weight is 371 g/mol. The highest BCUT2D eigenvalue weighted by atomic mass is 32.1. The first-order valence-electron chi connectivity index (χ1n) is 8.30. The molecule has 1 aromatic carbocycles. The van der Waals surface area contributed by atoms with Gasteiger partial charge in [-0.05, 0) is 19.4 Å². The van der Waals surface area contributed by atoms with Crippen LogP contribution >= 0.6 is 11.3 Å². The summed E-state index contributed by atoms with van der Waals surface area (Å²) in [5, 5.41) is 7.00. The Morgan fingerprint density at radius 2 is 2.04 bits per heavy atom. The molecule has 1 amide bonds. The molecule has 0 radical (unpaired) electrons. The smallest absolute Gasteiger partial charge is 0.335 e. The summed E-state index contributed by atoms with van der Waals surface area (Å²) >= 11 is 1.50. The molecule has 3 aromatic rings. The zero-order valence-electron chi connectivity index (χ0n) is 15.0. The summed E-state index contributed by atoms with van der Waals surface area (Å²) in [7, 11) is 1.72. The maximum absolute atomic E-state index is 12.6. The van der Waals surface area contributed by atoms with Gasteiger partial charge in [-0.15, -0.1) is 11.3 Å². The van der Waals surface area contributed by atoms with E-state index < -0.39 is 0 Å². The monoisotopic (exact) mass is 371 g/mol. The number of aromatic nitrogens is 4. The van der Waals surface area contributed by atoms with Gasteiger partial charge < -0.3 is 4.90 Å². The molecule has 0 saturated carbocycles. The quantitative estimate of drug-likeness (QED) is 0.665. The third kappa shape index (κ3) is 3.75. The van der Waals surface area contributed by atoms with Crippen molar-refractivity contribution >= 4 is 17.2 Å². The van der Waals surface area contributed by atoms with Crippen LogP contribution in [0.3, 0.4) is 0 Å². The Morgan fingerprint density at radius 1 is 1.31 bits per heavy atom. The molecule has 2 heterocycles. The molecule has 2 aromatic heterocycles. The second-order valence-corrected chi connectivity index (χ2v) is 7.04. The standard InChI is InChI=1S/C18H21N5O2S/c1-13(17-19-9-10-26-17)21(3)16(24)12-23-18(25)22(14(2)20-23)11-15-7-5-4-6-8-15/h4-10,13H,11-12H2,1-3H3. The van der Waals surface area contributed by atoms with Gasteiger partial charge in [-0.2, -0.15) is 5.10 Å². The number of thiazole rings is 1. The Bertz CT molecular complexity index is 930. The van der Waals surface area contributed by atoms with E-state index in [1.54, 1.807) is 29.6 Å². The summed E-state index contributed by atoms with van der Waals surface area (Å²) < 4.78 is 2.80. The van der Waals surface area contributed by atoms with Crippen molar-refractivity contribution in [1.82, 2.24) is 24.2 Å². The third-order valence-electron chi connectivity index (χ3n) is 4.36. The third-order valence-corrected chi connectivity index (χ3v) is 5.31. The van der Waals surface area contributed by atoms with E-state index in [1.165, 1.54) is 16.0 Å². The van der Waals surface area contributed by atoms with Crippen molar-refractivity contribution in [2.75, 3.05) is 7.05 Å². The van der Waals surface area contributed by atoms with Crippen molar-refractivity contribution in [3.8, 4) is 0 Å². The lowest BCUT2D eigenvalue weighted by molar-refractivity contribution is -0.132. The van der Waals surface area contributed by atoms with E-state index in [-0.39, 0.29) is 24.2 Å². The van der Waals surface area contributed by atoms with Crippen LogP contribution in [0.1, 0.15) is 29.4 Å². The zero-order valence-corrected chi connectivity index (χ0v) is 15.8. The largest absolute Gasteiger partial charge is 0.346 e. The Balaban J connectivity index is 1.75. The molecule has 8 heteroatoms. The van der Waals surface area contributed by atoms with Crippen LogP contribution in [-0.2, 0) is 17.9 Å². The van der Waals surface area contributed by atoms with Gasteiger partial charge in [-0.3, -0.25) is 9.36 Å². The highest BCUT2D eigenvalue weighted by Gasteiger charge is 2.21. The van der Waals surface area contributed by atoms with Crippen LogP contribution in [0.4, 0.5) is 0 Å². The van der Waals surface area contributed by atoms with Gasteiger partial charge in [0.15, 0.2) is 0 Å². The summed E-state index contributed by atoms with van der Waals surface area (Å²) in [6, 6.07) is 9.55. The highest BCUT2D eigenvalue weighted by molar-refractivity contribution is 7.09. The van der Waals surface area contributed by atoms with Crippen LogP contribution in [0, 0.1) is 6.92 Å². The number of benzene rings is 1. The molecule has 0 aliphatic heterocycles.